The molecule has 2 heterocycles. The van der Waals surface area contributed by atoms with Gasteiger partial charge in [0.05, 0.1) is 20.6 Å². The van der Waals surface area contributed by atoms with Gasteiger partial charge in [0.1, 0.15) is 0 Å². The predicted molar refractivity (Wildman–Crippen MR) is 57.8 cm³/mol. The number of rotatable bonds is 0. The Labute approximate surface area is 133 Å². The topological polar surface area (TPSA) is 103 Å². The summed E-state index contributed by atoms with van der Waals surface area (Å²) in [6, 6.07) is 0. The Balaban J connectivity index is 0.000000284. The van der Waals surface area contributed by atoms with Gasteiger partial charge >= 0.3 is 21.7 Å². The molecule has 0 bridgehead atoms. The van der Waals surface area contributed by atoms with E-state index in [4.69, 9.17) is 0 Å². The minimum absolute atomic E-state index is 0. The summed E-state index contributed by atoms with van der Waals surface area (Å²) in [5.41, 5.74) is 0. The van der Waals surface area contributed by atoms with Crippen LogP contribution in [-0.2, 0) is 72.2 Å². The minimum atomic E-state index is 0. The van der Waals surface area contributed by atoms with E-state index in [9.17, 15) is 0 Å². The summed E-state index contributed by atoms with van der Waals surface area (Å²) in [6.07, 6.45) is 0. The fourth-order valence-electron chi connectivity index (χ4n) is 0.422. The first-order valence-corrected chi connectivity index (χ1v) is 5.04. The molecule has 13 heteroatoms. The molecule has 84 valence electrons. The zero-order valence-corrected chi connectivity index (χ0v) is 12.5. The number of hydrogen-bond donors (Lipinski definition) is 0. The number of nitrogens with zero attached hydrogens (tertiary/aromatic N) is 8. The van der Waals surface area contributed by atoms with Crippen LogP contribution in [0.25, 0.3) is 0 Å². The van der Waals surface area contributed by atoms with E-state index in [-0.39, 0.29) is 42.3 Å². The predicted octanol–water partition coefficient (Wildman–Crippen LogP) is -1.85. The fourth-order valence-corrected chi connectivity index (χ4v) is 0.749. The molecule has 17 heavy (non-hydrogen) atoms. The first kappa shape index (κ1) is 16.5. The molecule has 0 atom stereocenters. The molecule has 0 saturated carbocycles. The van der Waals surface area contributed by atoms with Crippen LogP contribution in [0.15, 0.2) is 20.6 Å². The van der Waals surface area contributed by atoms with Crippen LogP contribution in [0.1, 0.15) is 0 Å². The molecular weight excluding hydrogens is 336 g/mol. The Morgan fingerprint density at radius 2 is 0.529 bits per heavy atom. The third-order valence-corrected chi connectivity index (χ3v) is 1.54. The molecule has 0 aromatic carbocycles. The van der Waals surface area contributed by atoms with Gasteiger partial charge in [-0.25, -0.2) is 0 Å². The zero-order valence-electron chi connectivity index (χ0n) is 7.71. The maximum absolute atomic E-state index is 4.48. The van der Waals surface area contributed by atoms with Crippen molar-refractivity contribution in [2.24, 2.45) is 0 Å². The maximum Gasteiger partial charge on any atom is 4.00 e. The molecule has 0 aliphatic heterocycles. The quantitative estimate of drug-likeness (QED) is 0.398. The maximum atomic E-state index is 4.48. The van der Waals surface area contributed by atoms with E-state index in [2.05, 4.69) is 91.3 Å². The largest absolute Gasteiger partial charge is 4.00 e. The summed E-state index contributed by atoms with van der Waals surface area (Å²) >= 11 is 17.9. The molecule has 0 spiro atoms. The molecule has 0 fully saturated rings. The van der Waals surface area contributed by atoms with E-state index in [0.29, 0.717) is 0 Å². The molecule has 2 aromatic heterocycles. The molecule has 0 aliphatic rings. The molecule has 0 saturated heterocycles. The molecule has 2 rings (SSSR count). The van der Waals surface area contributed by atoms with Crippen molar-refractivity contribution in [3.63, 3.8) is 0 Å². The monoisotopic (exact) mass is 336 g/mol. The number of hydrogen-bond acceptors (Lipinski definition) is 12. The summed E-state index contributed by atoms with van der Waals surface area (Å²) in [7, 11) is 0. The molecule has 0 N–H and O–H groups in total. The molecule has 2 aromatic rings. The summed E-state index contributed by atoms with van der Waals surface area (Å²) in [6.45, 7) is 0. The van der Waals surface area contributed by atoms with E-state index in [0.717, 1.165) is 0 Å². The van der Waals surface area contributed by atoms with Gasteiger partial charge in [-0.2, -0.15) is 40.8 Å². The van der Waals surface area contributed by atoms with Gasteiger partial charge in [-0.15, -0.1) is 0 Å². The molecule has 8 nitrogen and oxygen atoms in total. The van der Waals surface area contributed by atoms with Crippen molar-refractivity contribution < 1.29 is 21.7 Å². The van der Waals surface area contributed by atoms with Crippen LogP contribution in [0.2, 0.25) is 0 Å². The van der Waals surface area contributed by atoms with E-state index >= 15 is 0 Å². The summed E-state index contributed by atoms with van der Waals surface area (Å²) in [4.78, 5) is 0. The van der Waals surface area contributed by atoms with Crippen molar-refractivity contribution in [2.45, 2.75) is 20.6 Å². The van der Waals surface area contributed by atoms with Crippen molar-refractivity contribution in [3.8, 4) is 0 Å². The third-order valence-electron chi connectivity index (χ3n) is 0.884. The Morgan fingerprint density at radius 3 is 0.647 bits per heavy atom. The summed E-state index contributed by atoms with van der Waals surface area (Å²) in [5, 5.41) is 27.4. The van der Waals surface area contributed by atoms with Crippen LogP contribution in [-0.4, -0.2) is 40.8 Å². The van der Waals surface area contributed by atoms with Gasteiger partial charge in [0.25, 0.3) is 0 Å². The van der Waals surface area contributed by atoms with Crippen LogP contribution in [0, 0.1) is 0 Å². The summed E-state index contributed by atoms with van der Waals surface area (Å²) < 4.78 is 0. The average molecular weight is 336 g/mol. The van der Waals surface area contributed by atoms with Crippen molar-refractivity contribution in [2.75, 3.05) is 0 Å². The van der Waals surface area contributed by atoms with Crippen LogP contribution >= 0.6 is 0 Å². The Kier molecular flexibility index (Phi) is 8.28. The second-order valence-corrected chi connectivity index (χ2v) is 3.39. The first-order chi connectivity index (χ1) is 7.58. The molecular formula is C4N8S4Ti. The molecule has 0 aliphatic carbocycles. The second kappa shape index (κ2) is 8.55. The normalized spacial score (nSPS) is 8.47. The Hall–Kier alpha value is -0.526. The van der Waals surface area contributed by atoms with Crippen molar-refractivity contribution >= 4 is 50.5 Å². The zero-order chi connectivity index (χ0) is 12.0. The average Bonchev–Trinajstić information content (AvgIpc) is 2.28. The molecule has 0 unspecified atom stereocenters. The van der Waals surface area contributed by atoms with E-state index in [1.807, 2.05) is 0 Å². The molecule has 0 amide bonds. The van der Waals surface area contributed by atoms with Gasteiger partial charge in [0.15, 0.2) is 0 Å². The van der Waals surface area contributed by atoms with E-state index in [1.54, 1.807) is 0 Å². The van der Waals surface area contributed by atoms with Gasteiger partial charge in [0.2, 0.25) is 0 Å². The first-order valence-electron chi connectivity index (χ1n) is 3.41. The van der Waals surface area contributed by atoms with Crippen LogP contribution < -0.4 is 0 Å². The van der Waals surface area contributed by atoms with E-state index < -0.39 is 0 Å². The minimum Gasteiger partial charge on any atom is -0.736 e. The summed E-state index contributed by atoms with van der Waals surface area (Å²) in [5.74, 6) is 0. The smallest absolute Gasteiger partial charge is 0.736 e. The van der Waals surface area contributed by atoms with Gasteiger partial charge < -0.3 is 50.5 Å². The van der Waals surface area contributed by atoms with Crippen molar-refractivity contribution in [3.05, 3.63) is 0 Å². The van der Waals surface area contributed by atoms with Crippen LogP contribution in [0.3, 0.4) is 0 Å². The van der Waals surface area contributed by atoms with E-state index in [1.165, 1.54) is 0 Å². The standard InChI is InChI=1S/2C2H2N4S2.Ti/c2*7-1-3-5-2(8)6-4-1;/h2*(H,3,4,7)(H,5,6,8);/q;;+4/p-4. The Morgan fingerprint density at radius 1 is 0.412 bits per heavy atom. The van der Waals surface area contributed by atoms with Gasteiger partial charge in [0, 0.05) is 0 Å². The third kappa shape index (κ3) is 7.41. The van der Waals surface area contributed by atoms with Gasteiger partial charge in [-0.1, -0.05) is 0 Å². The van der Waals surface area contributed by atoms with Crippen molar-refractivity contribution in [1.29, 1.82) is 0 Å². The SMILES string of the molecule is [S-]c1nnc([S-])nn1.[S-]c1nnc([S-])nn1.[Ti+4]. The van der Waals surface area contributed by atoms with Crippen LogP contribution in [0.5, 0.6) is 0 Å². The van der Waals surface area contributed by atoms with Crippen LogP contribution in [0.4, 0.5) is 0 Å². The number of aromatic nitrogens is 8. The second-order valence-electron chi connectivity index (χ2n) is 1.93. The fraction of sp³-hybridized carbons (Fsp3) is 0. The van der Waals surface area contributed by atoms with Gasteiger partial charge in [-0.05, 0) is 0 Å². The Bertz CT molecular complexity index is 351. The molecule has 0 radical (unpaired) electrons. The van der Waals surface area contributed by atoms with Gasteiger partial charge in [-0.3, -0.25) is 0 Å². The van der Waals surface area contributed by atoms with Crippen molar-refractivity contribution in [1.82, 2.24) is 40.8 Å².